The van der Waals surface area contributed by atoms with Crippen molar-refractivity contribution in [3.63, 3.8) is 0 Å². The van der Waals surface area contributed by atoms with Crippen molar-refractivity contribution in [3.8, 4) is 0 Å². The lowest BCUT2D eigenvalue weighted by molar-refractivity contribution is -0.151. The third kappa shape index (κ3) is 5.60. The first-order valence-corrected chi connectivity index (χ1v) is 9.89. The van der Waals surface area contributed by atoms with E-state index in [4.69, 9.17) is 9.47 Å². The summed E-state index contributed by atoms with van der Waals surface area (Å²) in [5, 5.41) is 12.5. The summed E-state index contributed by atoms with van der Waals surface area (Å²) in [7, 11) is 0. The zero-order valence-corrected chi connectivity index (χ0v) is 16.8. The number of carboxylic acids is 1. The van der Waals surface area contributed by atoms with Crippen LogP contribution in [0.25, 0.3) is 0 Å². The number of carbonyl (C=O) groups is 2. The van der Waals surface area contributed by atoms with Crippen molar-refractivity contribution in [1.82, 2.24) is 5.32 Å². The maximum Gasteiger partial charge on any atom is 0.408 e. The van der Waals surface area contributed by atoms with Crippen LogP contribution < -0.4 is 5.32 Å². The van der Waals surface area contributed by atoms with E-state index in [-0.39, 0.29) is 12.0 Å². The van der Waals surface area contributed by atoms with E-state index in [1.807, 2.05) is 6.92 Å². The second-order valence-electron chi connectivity index (χ2n) is 9.21. The molecular weight excluding hydrogens is 334 g/mol. The summed E-state index contributed by atoms with van der Waals surface area (Å²) < 4.78 is 11.5. The van der Waals surface area contributed by atoms with Gasteiger partial charge in [-0.1, -0.05) is 19.8 Å². The summed E-state index contributed by atoms with van der Waals surface area (Å²) in [5.74, 6) is -0.466. The van der Waals surface area contributed by atoms with E-state index in [1.165, 1.54) is 12.8 Å². The Balaban J connectivity index is 2.14. The topological polar surface area (TPSA) is 84.9 Å². The van der Waals surface area contributed by atoms with Gasteiger partial charge in [0.25, 0.3) is 0 Å². The molecule has 0 heterocycles. The van der Waals surface area contributed by atoms with E-state index in [9.17, 15) is 14.7 Å². The van der Waals surface area contributed by atoms with E-state index in [1.54, 1.807) is 27.7 Å². The van der Waals surface area contributed by atoms with Gasteiger partial charge in [-0.3, -0.25) is 0 Å². The molecule has 1 amide bonds. The normalized spacial score (nSPS) is 23.1. The van der Waals surface area contributed by atoms with Crippen molar-refractivity contribution in [2.75, 3.05) is 6.61 Å². The molecule has 0 spiro atoms. The average Bonchev–Trinajstić information content (AvgIpc) is 3.17. The minimum absolute atomic E-state index is 0.172. The molecule has 2 aliphatic rings. The van der Waals surface area contributed by atoms with Gasteiger partial charge in [0.05, 0.1) is 6.10 Å². The number of amides is 1. The van der Waals surface area contributed by atoms with E-state index < -0.39 is 23.2 Å². The lowest BCUT2D eigenvalue weighted by atomic mass is 9.77. The minimum Gasteiger partial charge on any atom is -0.480 e. The fourth-order valence-corrected chi connectivity index (χ4v) is 3.71. The minimum atomic E-state index is -1.45. The Bertz CT molecular complexity index is 505. The summed E-state index contributed by atoms with van der Waals surface area (Å²) in [5.41, 5.74) is -2.13. The van der Waals surface area contributed by atoms with Crippen LogP contribution >= 0.6 is 0 Å². The van der Waals surface area contributed by atoms with E-state index in [0.717, 1.165) is 25.7 Å². The van der Waals surface area contributed by atoms with Crippen molar-refractivity contribution in [2.24, 2.45) is 17.8 Å². The number of alkyl carbamates (subject to hydrolysis) is 1. The van der Waals surface area contributed by atoms with Crippen molar-refractivity contribution in [2.45, 2.75) is 90.4 Å². The van der Waals surface area contributed by atoms with Crippen LogP contribution in [0.4, 0.5) is 4.79 Å². The van der Waals surface area contributed by atoms with Crippen LogP contribution in [0.15, 0.2) is 0 Å². The Kier molecular flexibility index (Phi) is 6.59. The van der Waals surface area contributed by atoms with Crippen LogP contribution in [-0.2, 0) is 14.3 Å². The van der Waals surface area contributed by atoms with Gasteiger partial charge in [0.2, 0.25) is 0 Å². The third-order valence-corrected chi connectivity index (χ3v) is 5.69. The number of ether oxygens (including phenoxy) is 2. The molecule has 2 N–H and O–H groups in total. The molecule has 150 valence electrons. The molecule has 6 heteroatoms. The molecule has 26 heavy (non-hydrogen) atoms. The summed E-state index contributed by atoms with van der Waals surface area (Å²) in [6.07, 6.45) is 5.93. The lowest BCUT2D eigenvalue weighted by Crippen LogP contribution is -2.61. The van der Waals surface area contributed by atoms with Crippen molar-refractivity contribution < 1.29 is 24.2 Å². The summed E-state index contributed by atoms with van der Waals surface area (Å²) in [6, 6.07) is 0. The highest BCUT2D eigenvalue weighted by atomic mass is 16.6. The smallest absolute Gasteiger partial charge is 0.408 e. The second-order valence-corrected chi connectivity index (χ2v) is 9.21. The van der Waals surface area contributed by atoms with Crippen LogP contribution in [-0.4, -0.2) is 41.0 Å². The van der Waals surface area contributed by atoms with Crippen LogP contribution in [0.2, 0.25) is 0 Å². The number of carboxylic acid groups (broad SMARTS) is 1. The van der Waals surface area contributed by atoms with Gasteiger partial charge in [-0.05, 0) is 65.2 Å². The number of hydrogen-bond acceptors (Lipinski definition) is 4. The molecule has 2 rings (SSSR count). The Morgan fingerprint density at radius 1 is 1.12 bits per heavy atom. The highest BCUT2D eigenvalue weighted by Crippen LogP contribution is 2.38. The molecule has 2 aliphatic carbocycles. The molecule has 2 fully saturated rings. The Labute approximate surface area is 157 Å². The predicted octanol–water partition coefficient (Wildman–Crippen LogP) is 3.98. The molecule has 0 radical (unpaired) electrons. The van der Waals surface area contributed by atoms with Gasteiger partial charge in [0, 0.05) is 12.5 Å². The number of aliphatic carboxylic acids is 1. The Hall–Kier alpha value is -1.30. The predicted molar refractivity (Wildman–Crippen MR) is 99.0 cm³/mol. The van der Waals surface area contributed by atoms with Crippen molar-refractivity contribution in [3.05, 3.63) is 0 Å². The molecule has 0 aromatic heterocycles. The van der Waals surface area contributed by atoms with Crippen molar-refractivity contribution in [1.29, 1.82) is 0 Å². The zero-order valence-electron chi connectivity index (χ0n) is 16.8. The first-order chi connectivity index (χ1) is 12.0. The highest BCUT2D eigenvalue weighted by molar-refractivity contribution is 5.84. The second kappa shape index (κ2) is 8.15. The molecule has 2 saturated carbocycles. The summed E-state index contributed by atoms with van der Waals surface area (Å²) in [4.78, 5) is 24.4. The van der Waals surface area contributed by atoms with E-state index in [2.05, 4.69) is 5.32 Å². The molecule has 0 aromatic rings. The highest BCUT2D eigenvalue weighted by Gasteiger charge is 2.48. The molecule has 3 atom stereocenters. The lowest BCUT2D eigenvalue weighted by Gasteiger charge is -2.40. The maximum atomic E-state index is 12.3. The van der Waals surface area contributed by atoms with Crippen LogP contribution in [0.1, 0.15) is 73.1 Å². The van der Waals surface area contributed by atoms with Gasteiger partial charge in [-0.15, -0.1) is 0 Å². The first-order valence-electron chi connectivity index (χ1n) is 9.89. The molecule has 0 aliphatic heterocycles. The van der Waals surface area contributed by atoms with Crippen LogP contribution in [0.3, 0.4) is 0 Å². The van der Waals surface area contributed by atoms with Gasteiger partial charge in [0.1, 0.15) is 11.1 Å². The quantitative estimate of drug-likeness (QED) is 0.676. The number of rotatable bonds is 8. The monoisotopic (exact) mass is 369 g/mol. The number of carbonyl (C=O) groups excluding carboxylic acids is 1. The fraction of sp³-hybridized carbons (Fsp3) is 0.900. The molecule has 0 saturated heterocycles. The zero-order chi connectivity index (χ0) is 19.5. The van der Waals surface area contributed by atoms with E-state index in [0.29, 0.717) is 18.4 Å². The van der Waals surface area contributed by atoms with Crippen LogP contribution in [0.5, 0.6) is 0 Å². The Morgan fingerprint density at radius 3 is 2.15 bits per heavy atom. The first kappa shape index (κ1) is 21.0. The summed E-state index contributed by atoms with van der Waals surface area (Å²) >= 11 is 0. The maximum absolute atomic E-state index is 12.3. The van der Waals surface area contributed by atoms with Crippen LogP contribution in [0, 0.1) is 17.8 Å². The van der Waals surface area contributed by atoms with Gasteiger partial charge in [0.15, 0.2) is 0 Å². The average molecular weight is 370 g/mol. The Morgan fingerprint density at radius 2 is 1.69 bits per heavy atom. The van der Waals surface area contributed by atoms with Gasteiger partial charge in [-0.25, -0.2) is 9.59 Å². The molecule has 0 aromatic carbocycles. The molecular formula is C20H35NO5. The SMILES string of the molecule is C[C@H]([C@H](OCC1CC1)C1CCCC1)[C@](C)(NC(=O)OC(C)(C)C)C(=O)O. The number of hydrogen-bond donors (Lipinski definition) is 2. The van der Waals surface area contributed by atoms with E-state index >= 15 is 0 Å². The number of nitrogens with one attached hydrogen (secondary N) is 1. The standard InChI is InChI=1S/C20H35NO5/c1-13(16(15-8-6-7-9-15)25-12-14-10-11-14)20(5,17(22)23)21-18(24)26-19(2,3)4/h13-16H,6-12H2,1-5H3,(H,21,24)(H,22,23)/t13-,16+,20+/m1/s1. The molecule has 0 unspecified atom stereocenters. The third-order valence-electron chi connectivity index (χ3n) is 5.69. The molecule has 0 bridgehead atoms. The molecule has 6 nitrogen and oxygen atoms in total. The van der Waals surface area contributed by atoms with Gasteiger partial charge >= 0.3 is 12.1 Å². The van der Waals surface area contributed by atoms with Crippen molar-refractivity contribution >= 4 is 12.1 Å². The fourth-order valence-electron chi connectivity index (χ4n) is 3.71. The largest absolute Gasteiger partial charge is 0.480 e. The van der Waals surface area contributed by atoms with Gasteiger partial charge in [-0.2, -0.15) is 0 Å². The van der Waals surface area contributed by atoms with Gasteiger partial charge < -0.3 is 19.9 Å². The summed E-state index contributed by atoms with van der Waals surface area (Å²) in [6.45, 7) is 9.40.